The van der Waals surface area contributed by atoms with Gasteiger partial charge in [-0.05, 0) is 0 Å². The highest BCUT2D eigenvalue weighted by atomic mass is 16.8. The van der Waals surface area contributed by atoms with Crippen LogP contribution in [0.2, 0.25) is 0 Å². The molecule has 120 valence electrons. The van der Waals surface area contributed by atoms with E-state index in [1.54, 1.807) is 0 Å². The first-order valence-corrected chi connectivity index (χ1v) is 3.16. The molecule has 0 radical (unpaired) electrons. The maximum atomic E-state index is 10.3. The molecule has 0 spiro atoms. The van der Waals surface area contributed by atoms with Gasteiger partial charge in [-0.15, -0.1) is 0 Å². The molecule has 0 amide bonds. The van der Waals surface area contributed by atoms with Gasteiger partial charge in [-0.25, -0.2) is 4.79 Å². The third-order valence-electron chi connectivity index (χ3n) is 0.795. The first kappa shape index (κ1) is 43.4. The molecule has 0 unspecified atom stereocenters. The second-order valence-electron chi connectivity index (χ2n) is 1.65. The molecule has 0 atom stereocenters. The Labute approximate surface area is 115 Å². The molecule has 6 nitrogen and oxygen atoms in total. The maximum Gasteiger partial charge on any atom is 0.510 e. The molecule has 0 aliphatic heterocycles. The van der Waals surface area contributed by atoms with E-state index in [2.05, 4.69) is 18.9 Å². The first-order chi connectivity index (χ1) is 5.81. The van der Waals surface area contributed by atoms with E-state index in [9.17, 15) is 4.79 Å². The van der Waals surface area contributed by atoms with Crippen LogP contribution in [0.1, 0.15) is 44.6 Å². The summed E-state index contributed by atoms with van der Waals surface area (Å²) in [4.78, 5) is 10.3. The predicted octanol–water partition coefficient (Wildman–Crippen LogP) is 4.14. The molecule has 18 heavy (non-hydrogen) atoms. The zero-order chi connectivity index (χ0) is 9.23. The standard InChI is InChI=1S/C6H12O6.6CH4/c1-8-3-10-4-11-5-12-6(7)9-2;;;;;;/h3-5H2,1-2H3;6*1H4. The Kier molecular flexibility index (Phi) is 86.8. The monoisotopic (exact) mass is 276 g/mol. The van der Waals surface area contributed by atoms with Gasteiger partial charge < -0.3 is 23.7 Å². The smallest absolute Gasteiger partial charge is 0.438 e. The van der Waals surface area contributed by atoms with E-state index in [1.807, 2.05) is 0 Å². The summed E-state index contributed by atoms with van der Waals surface area (Å²) < 4.78 is 22.5. The SMILES string of the molecule is C.C.C.C.C.C.COCOCOCOC(=O)OC. The fraction of sp³-hybridized carbons (Fsp3) is 0.917. The number of carbonyl (C=O) groups is 1. The van der Waals surface area contributed by atoms with Gasteiger partial charge >= 0.3 is 6.16 Å². The summed E-state index contributed by atoms with van der Waals surface area (Å²) in [6, 6.07) is 0. The van der Waals surface area contributed by atoms with Crippen molar-refractivity contribution in [3.63, 3.8) is 0 Å². The normalized spacial score (nSPS) is 6.33. The van der Waals surface area contributed by atoms with Crippen LogP contribution in [-0.2, 0) is 23.7 Å². The molecular formula is C12H36O6. The third-order valence-corrected chi connectivity index (χ3v) is 0.795. The van der Waals surface area contributed by atoms with Crippen LogP contribution >= 0.6 is 0 Å². The molecule has 0 saturated carbocycles. The third kappa shape index (κ3) is 36.2. The molecule has 0 aromatic carbocycles. The zero-order valence-corrected chi connectivity index (χ0v) is 7.07. The summed E-state index contributed by atoms with van der Waals surface area (Å²) in [6.07, 6.45) is -0.790. The topological polar surface area (TPSA) is 63.2 Å². The highest BCUT2D eigenvalue weighted by Gasteiger charge is 1.97. The second kappa shape index (κ2) is 36.0. The lowest BCUT2D eigenvalue weighted by molar-refractivity contribution is -0.154. The molecule has 0 heterocycles. The van der Waals surface area contributed by atoms with E-state index in [0.717, 1.165) is 0 Å². The van der Waals surface area contributed by atoms with Crippen LogP contribution in [0.5, 0.6) is 0 Å². The van der Waals surface area contributed by atoms with Gasteiger partial charge in [0, 0.05) is 7.11 Å². The highest BCUT2D eigenvalue weighted by molar-refractivity contribution is 5.59. The van der Waals surface area contributed by atoms with Crippen LogP contribution < -0.4 is 0 Å². The minimum Gasteiger partial charge on any atom is -0.438 e. The molecule has 0 saturated heterocycles. The Morgan fingerprint density at radius 3 is 1.61 bits per heavy atom. The number of methoxy groups -OCH3 is 2. The van der Waals surface area contributed by atoms with Gasteiger partial charge in [0.15, 0.2) is 13.6 Å². The van der Waals surface area contributed by atoms with E-state index in [1.165, 1.54) is 14.2 Å². The Balaban J connectivity index is -0.0000000403. The van der Waals surface area contributed by atoms with Crippen molar-refractivity contribution in [3.05, 3.63) is 0 Å². The van der Waals surface area contributed by atoms with Crippen molar-refractivity contribution in [1.82, 2.24) is 0 Å². The van der Waals surface area contributed by atoms with E-state index in [-0.39, 0.29) is 64.9 Å². The summed E-state index contributed by atoms with van der Waals surface area (Å²) in [5.74, 6) is 0. The summed E-state index contributed by atoms with van der Waals surface area (Å²) in [6.45, 7) is -0.0561. The minimum absolute atomic E-state index is 0. The van der Waals surface area contributed by atoms with Crippen LogP contribution in [0.4, 0.5) is 4.79 Å². The number of carbonyl (C=O) groups excluding carboxylic acids is 1. The Hall–Kier alpha value is -0.850. The van der Waals surface area contributed by atoms with Crippen LogP contribution in [-0.4, -0.2) is 40.8 Å². The quantitative estimate of drug-likeness (QED) is 0.413. The summed E-state index contributed by atoms with van der Waals surface area (Å²) in [7, 11) is 2.70. The lowest BCUT2D eigenvalue weighted by atomic mass is 11.2. The summed E-state index contributed by atoms with van der Waals surface area (Å²) in [5.41, 5.74) is 0. The van der Waals surface area contributed by atoms with Crippen molar-refractivity contribution in [2.24, 2.45) is 0 Å². The van der Waals surface area contributed by atoms with Crippen molar-refractivity contribution in [3.8, 4) is 0 Å². The summed E-state index contributed by atoms with van der Waals surface area (Å²) >= 11 is 0. The Morgan fingerprint density at radius 1 is 0.778 bits per heavy atom. The van der Waals surface area contributed by atoms with E-state index in [0.29, 0.717) is 0 Å². The first-order valence-electron chi connectivity index (χ1n) is 3.16. The van der Waals surface area contributed by atoms with Crippen molar-refractivity contribution in [2.45, 2.75) is 44.6 Å². The predicted molar refractivity (Wildman–Crippen MR) is 77.7 cm³/mol. The maximum absolute atomic E-state index is 10.3. The largest absolute Gasteiger partial charge is 0.510 e. The molecule has 0 aliphatic carbocycles. The molecular weight excluding hydrogens is 240 g/mol. The highest BCUT2D eigenvalue weighted by Crippen LogP contribution is 1.84. The van der Waals surface area contributed by atoms with Gasteiger partial charge in [0.1, 0.15) is 6.79 Å². The Bertz CT molecular complexity index is 119. The molecule has 0 bridgehead atoms. The molecule has 0 rings (SSSR count). The van der Waals surface area contributed by atoms with Crippen LogP contribution in [0.3, 0.4) is 0 Å². The van der Waals surface area contributed by atoms with E-state index >= 15 is 0 Å². The van der Waals surface area contributed by atoms with Crippen molar-refractivity contribution in [2.75, 3.05) is 34.6 Å². The molecule has 0 fully saturated rings. The molecule has 0 aliphatic rings. The molecule has 6 heteroatoms. The zero-order valence-electron chi connectivity index (χ0n) is 7.07. The van der Waals surface area contributed by atoms with Crippen LogP contribution in [0.25, 0.3) is 0 Å². The van der Waals surface area contributed by atoms with Gasteiger partial charge in [0.25, 0.3) is 0 Å². The lowest BCUT2D eigenvalue weighted by Gasteiger charge is -2.04. The molecule has 0 aromatic rings. The van der Waals surface area contributed by atoms with Crippen LogP contribution in [0, 0.1) is 0 Å². The van der Waals surface area contributed by atoms with Gasteiger partial charge in [-0.3, -0.25) is 0 Å². The van der Waals surface area contributed by atoms with Crippen molar-refractivity contribution in [1.29, 1.82) is 0 Å². The fourth-order valence-corrected chi connectivity index (χ4v) is 0.359. The van der Waals surface area contributed by atoms with Crippen molar-refractivity contribution >= 4 is 6.16 Å². The average molecular weight is 276 g/mol. The van der Waals surface area contributed by atoms with E-state index in [4.69, 9.17) is 4.74 Å². The fourth-order valence-electron chi connectivity index (χ4n) is 0.359. The number of ether oxygens (including phenoxy) is 5. The van der Waals surface area contributed by atoms with Gasteiger partial charge in [-0.1, -0.05) is 44.6 Å². The van der Waals surface area contributed by atoms with Gasteiger partial charge in [0.05, 0.1) is 7.11 Å². The van der Waals surface area contributed by atoms with Crippen molar-refractivity contribution < 1.29 is 28.5 Å². The molecule has 0 N–H and O–H groups in total. The van der Waals surface area contributed by atoms with Crippen LogP contribution in [0.15, 0.2) is 0 Å². The average Bonchev–Trinajstić information content (AvgIpc) is 2.10. The minimum atomic E-state index is -0.790. The lowest BCUT2D eigenvalue weighted by Crippen LogP contribution is -2.10. The summed E-state index contributed by atoms with van der Waals surface area (Å²) in [5, 5.41) is 0. The van der Waals surface area contributed by atoms with Gasteiger partial charge in [0.2, 0.25) is 0 Å². The second-order valence-corrected chi connectivity index (χ2v) is 1.65. The Morgan fingerprint density at radius 2 is 1.22 bits per heavy atom. The van der Waals surface area contributed by atoms with Gasteiger partial charge in [-0.2, -0.15) is 0 Å². The van der Waals surface area contributed by atoms with E-state index < -0.39 is 6.16 Å². The number of hydrogen-bond donors (Lipinski definition) is 0. The number of rotatable bonds is 6. The number of hydrogen-bond acceptors (Lipinski definition) is 6. The molecule has 0 aromatic heterocycles.